The largest absolute Gasteiger partial charge is 0.573 e. The second kappa shape index (κ2) is 10.5. The standard InChI is InChI=1S/C28H34F3N3O2/c1-3-25(34-16-12-22(32)13-17-34)24(18-20-6-4-19(2)5-7-20)33-26(35)27(14-15-27)21-8-10-23(11-9-21)36-28(29,30)31/h3-11,22,24H,12-18,32H2,1-2H3,(H,33,35). The number of ether oxygens (including phenoxy) is 1. The highest BCUT2D eigenvalue weighted by atomic mass is 19.4. The second-order valence-electron chi connectivity index (χ2n) is 9.91. The molecule has 0 bridgehead atoms. The van der Waals surface area contributed by atoms with Crippen LogP contribution in [0.2, 0.25) is 0 Å². The van der Waals surface area contributed by atoms with Crippen LogP contribution >= 0.6 is 0 Å². The molecular formula is C28H34F3N3O2. The molecule has 1 aliphatic carbocycles. The minimum Gasteiger partial charge on any atom is -0.406 e. The first-order valence-corrected chi connectivity index (χ1v) is 12.5. The van der Waals surface area contributed by atoms with Gasteiger partial charge in [-0.05, 0) is 69.2 Å². The number of aryl methyl sites for hydroxylation is 1. The third-order valence-electron chi connectivity index (χ3n) is 7.25. The maximum Gasteiger partial charge on any atom is 0.573 e. The lowest BCUT2D eigenvalue weighted by atomic mass is 9.93. The molecule has 2 aromatic carbocycles. The minimum atomic E-state index is -4.75. The zero-order valence-corrected chi connectivity index (χ0v) is 20.8. The maximum absolute atomic E-state index is 13.7. The van der Waals surface area contributed by atoms with Gasteiger partial charge >= 0.3 is 6.36 Å². The Kier molecular flexibility index (Phi) is 7.64. The van der Waals surface area contributed by atoms with E-state index in [0.717, 1.165) is 37.2 Å². The molecule has 2 aliphatic rings. The van der Waals surface area contributed by atoms with Gasteiger partial charge in [0.2, 0.25) is 5.91 Å². The number of benzene rings is 2. The van der Waals surface area contributed by atoms with Gasteiger partial charge < -0.3 is 20.7 Å². The molecule has 3 N–H and O–H groups in total. The van der Waals surface area contributed by atoms with Gasteiger partial charge in [0.25, 0.3) is 0 Å². The molecule has 8 heteroatoms. The van der Waals surface area contributed by atoms with Crippen molar-refractivity contribution in [2.75, 3.05) is 13.1 Å². The number of rotatable bonds is 8. The lowest BCUT2D eigenvalue weighted by Gasteiger charge is -2.38. The average Bonchev–Trinajstić information content (AvgIpc) is 3.64. The summed E-state index contributed by atoms with van der Waals surface area (Å²) in [6.07, 6.45) is 1.07. The lowest BCUT2D eigenvalue weighted by Crippen LogP contribution is -2.49. The zero-order chi connectivity index (χ0) is 25.9. The number of hydrogen-bond donors (Lipinski definition) is 2. The van der Waals surface area contributed by atoms with E-state index in [1.165, 1.54) is 17.7 Å². The van der Waals surface area contributed by atoms with Gasteiger partial charge in [0.15, 0.2) is 0 Å². The maximum atomic E-state index is 13.7. The van der Waals surface area contributed by atoms with Gasteiger partial charge in [-0.25, -0.2) is 0 Å². The Morgan fingerprint density at radius 3 is 2.28 bits per heavy atom. The summed E-state index contributed by atoms with van der Waals surface area (Å²) in [5.74, 6) is -0.392. The number of piperidine rings is 1. The molecule has 5 nitrogen and oxygen atoms in total. The molecule has 1 atom stereocenters. The Bertz CT molecular complexity index is 1070. The van der Waals surface area contributed by atoms with Crippen molar-refractivity contribution in [3.8, 4) is 5.75 Å². The molecule has 0 aromatic heterocycles. The molecule has 36 heavy (non-hydrogen) atoms. The van der Waals surface area contributed by atoms with Crippen LogP contribution in [0.3, 0.4) is 0 Å². The van der Waals surface area contributed by atoms with Crippen LogP contribution in [-0.4, -0.2) is 42.3 Å². The van der Waals surface area contributed by atoms with Gasteiger partial charge in [0, 0.05) is 24.8 Å². The highest BCUT2D eigenvalue weighted by Gasteiger charge is 2.52. The number of allylic oxidation sites excluding steroid dienone is 1. The van der Waals surface area contributed by atoms with Crippen molar-refractivity contribution in [3.05, 3.63) is 77.0 Å². The van der Waals surface area contributed by atoms with E-state index in [1.54, 1.807) is 12.1 Å². The quantitative estimate of drug-likeness (QED) is 0.536. The number of hydrogen-bond acceptors (Lipinski definition) is 4. The molecule has 0 spiro atoms. The monoisotopic (exact) mass is 501 g/mol. The van der Waals surface area contributed by atoms with E-state index in [4.69, 9.17) is 5.73 Å². The number of halogens is 3. The molecule has 194 valence electrons. The minimum absolute atomic E-state index is 0.0998. The van der Waals surface area contributed by atoms with E-state index < -0.39 is 11.8 Å². The molecular weight excluding hydrogens is 467 g/mol. The molecule has 1 saturated heterocycles. The van der Waals surface area contributed by atoms with Crippen molar-refractivity contribution in [2.45, 2.75) is 69.8 Å². The average molecular weight is 502 g/mol. The number of nitrogens with one attached hydrogen (secondary N) is 1. The third-order valence-corrected chi connectivity index (χ3v) is 7.25. The number of nitrogens with zero attached hydrogens (tertiary/aromatic N) is 1. The van der Waals surface area contributed by atoms with Crippen molar-refractivity contribution in [1.82, 2.24) is 10.2 Å². The number of nitrogens with two attached hydrogens (primary N) is 1. The highest BCUT2D eigenvalue weighted by molar-refractivity contribution is 5.91. The van der Waals surface area contributed by atoms with Crippen LogP contribution in [0.1, 0.15) is 49.3 Å². The Balaban J connectivity index is 1.54. The zero-order valence-electron chi connectivity index (χ0n) is 20.8. The Labute approximate surface area is 210 Å². The summed E-state index contributed by atoms with van der Waals surface area (Å²) < 4.78 is 41.6. The first-order chi connectivity index (χ1) is 17.1. The predicted octanol–water partition coefficient (Wildman–Crippen LogP) is 4.98. The summed E-state index contributed by atoms with van der Waals surface area (Å²) in [5, 5.41) is 3.30. The topological polar surface area (TPSA) is 67.6 Å². The van der Waals surface area contributed by atoms with Crippen LogP contribution in [0.25, 0.3) is 0 Å². The molecule has 0 radical (unpaired) electrons. The first-order valence-electron chi connectivity index (χ1n) is 12.5. The van der Waals surface area contributed by atoms with E-state index in [9.17, 15) is 18.0 Å². The van der Waals surface area contributed by atoms with Crippen LogP contribution in [0.4, 0.5) is 13.2 Å². The molecule has 4 rings (SSSR count). The van der Waals surface area contributed by atoms with Gasteiger partial charge in [-0.2, -0.15) is 0 Å². The summed E-state index contributed by atoms with van der Waals surface area (Å²) in [6.45, 7) is 5.71. The van der Waals surface area contributed by atoms with Gasteiger partial charge in [-0.15, -0.1) is 13.2 Å². The molecule has 2 fully saturated rings. The fourth-order valence-corrected chi connectivity index (χ4v) is 5.00. The summed E-state index contributed by atoms with van der Waals surface area (Å²) in [5.41, 5.74) is 9.46. The van der Waals surface area contributed by atoms with Crippen LogP contribution < -0.4 is 15.8 Å². The van der Waals surface area contributed by atoms with Crippen LogP contribution in [0.5, 0.6) is 5.75 Å². The first kappa shape index (κ1) is 26.1. The fourth-order valence-electron chi connectivity index (χ4n) is 5.00. The Morgan fingerprint density at radius 2 is 1.75 bits per heavy atom. The predicted molar refractivity (Wildman–Crippen MR) is 133 cm³/mol. The van der Waals surface area contributed by atoms with Crippen molar-refractivity contribution in [3.63, 3.8) is 0 Å². The SMILES string of the molecule is CC=C(C(Cc1ccc(C)cc1)NC(=O)C1(c2ccc(OC(F)(F)F)cc2)CC1)N1CCC(N)CC1. The molecule has 2 aromatic rings. The number of carbonyl (C=O) groups is 1. The number of alkyl halides is 3. The van der Waals surface area contributed by atoms with E-state index in [2.05, 4.69) is 45.3 Å². The van der Waals surface area contributed by atoms with Crippen molar-refractivity contribution < 1.29 is 22.7 Å². The van der Waals surface area contributed by atoms with E-state index in [0.29, 0.717) is 24.8 Å². The fraction of sp³-hybridized carbons (Fsp3) is 0.464. The number of amides is 1. The van der Waals surface area contributed by atoms with E-state index >= 15 is 0 Å². The van der Waals surface area contributed by atoms with Crippen LogP contribution in [0, 0.1) is 6.92 Å². The van der Waals surface area contributed by atoms with Crippen LogP contribution in [-0.2, 0) is 16.6 Å². The Hall–Kier alpha value is -3.00. The van der Waals surface area contributed by atoms with E-state index in [1.807, 2.05) is 13.8 Å². The smallest absolute Gasteiger partial charge is 0.406 e. The van der Waals surface area contributed by atoms with Crippen LogP contribution in [0.15, 0.2) is 60.3 Å². The number of likely N-dealkylation sites (tertiary alicyclic amines) is 1. The molecule has 1 heterocycles. The highest BCUT2D eigenvalue weighted by Crippen LogP contribution is 2.49. The van der Waals surface area contributed by atoms with Gasteiger partial charge in [0.05, 0.1) is 11.5 Å². The lowest BCUT2D eigenvalue weighted by molar-refractivity contribution is -0.274. The van der Waals surface area contributed by atoms with Gasteiger partial charge in [-0.1, -0.05) is 48.0 Å². The number of carbonyl (C=O) groups excluding carboxylic acids is 1. The summed E-state index contributed by atoms with van der Waals surface area (Å²) in [7, 11) is 0. The van der Waals surface area contributed by atoms with Crippen molar-refractivity contribution in [2.24, 2.45) is 5.73 Å². The summed E-state index contributed by atoms with van der Waals surface area (Å²) in [6, 6.07) is 13.9. The van der Waals surface area contributed by atoms with Crippen molar-refractivity contribution in [1.29, 1.82) is 0 Å². The molecule has 1 aliphatic heterocycles. The third kappa shape index (κ3) is 6.22. The molecule has 1 saturated carbocycles. The van der Waals surface area contributed by atoms with Gasteiger partial charge in [-0.3, -0.25) is 4.79 Å². The normalized spacial score (nSPS) is 19.1. The summed E-state index contributed by atoms with van der Waals surface area (Å²) >= 11 is 0. The van der Waals surface area contributed by atoms with E-state index in [-0.39, 0.29) is 23.7 Å². The van der Waals surface area contributed by atoms with Gasteiger partial charge in [0.1, 0.15) is 5.75 Å². The Morgan fingerprint density at radius 1 is 1.14 bits per heavy atom. The molecule has 1 unspecified atom stereocenters. The second-order valence-corrected chi connectivity index (χ2v) is 9.91. The molecule has 1 amide bonds. The summed E-state index contributed by atoms with van der Waals surface area (Å²) in [4.78, 5) is 16.0. The van der Waals surface area contributed by atoms with Crippen molar-refractivity contribution >= 4 is 5.91 Å².